The van der Waals surface area contributed by atoms with Crippen molar-refractivity contribution in [3.8, 4) is 0 Å². The van der Waals surface area contributed by atoms with Gasteiger partial charge in [0.15, 0.2) is 0 Å². The van der Waals surface area contributed by atoms with Crippen LogP contribution < -0.4 is 5.32 Å². The van der Waals surface area contributed by atoms with Crippen LogP contribution in [0.4, 0.5) is 4.39 Å². The quantitative estimate of drug-likeness (QED) is 0.668. The van der Waals surface area contributed by atoms with Crippen LogP contribution in [-0.4, -0.2) is 55.8 Å². The van der Waals surface area contributed by atoms with Gasteiger partial charge in [-0.3, -0.25) is 9.69 Å². The zero-order chi connectivity index (χ0) is 21.3. The highest BCUT2D eigenvalue weighted by molar-refractivity contribution is 9.10. The van der Waals surface area contributed by atoms with Gasteiger partial charge in [-0.2, -0.15) is 4.31 Å². The first-order valence-electron chi connectivity index (χ1n) is 9.90. The summed E-state index contributed by atoms with van der Waals surface area (Å²) in [6.07, 6.45) is 1.95. The van der Waals surface area contributed by atoms with E-state index in [1.54, 1.807) is 36.4 Å². The van der Waals surface area contributed by atoms with Gasteiger partial charge in [-0.15, -0.1) is 0 Å². The highest BCUT2D eigenvalue weighted by atomic mass is 79.9. The summed E-state index contributed by atoms with van der Waals surface area (Å²) in [5, 5.41) is 3.03. The Kier molecular flexibility index (Phi) is 6.24. The van der Waals surface area contributed by atoms with Gasteiger partial charge in [-0.05, 0) is 54.8 Å². The number of amides is 1. The van der Waals surface area contributed by atoms with Crippen molar-refractivity contribution in [3.63, 3.8) is 0 Å². The van der Waals surface area contributed by atoms with Crippen molar-refractivity contribution in [2.24, 2.45) is 0 Å². The van der Waals surface area contributed by atoms with Crippen molar-refractivity contribution in [2.75, 3.05) is 26.2 Å². The van der Waals surface area contributed by atoms with Crippen LogP contribution in [0.2, 0.25) is 0 Å². The van der Waals surface area contributed by atoms with E-state index in [1.165, 1.54) is 16.4 Å². The number of hydrogen-bond acceptors (Lipinski definition) is 4. The molecule has 0 aromatic heterocycles. The molecule has 1 heterocycles. The lowest BCUT2D eigenvalue weighted by Crippen LogP contribution is -2.52. The summed E-state index contributed by atoms with van der Waals surface area (Å²) in [5.74, 6) is -0.473. The molecule has 1 N–H and O–H groups in total. The Morgan fingerprint density at radius 1 is 1.00 bits per heavy atom. The Morgan fingerprint density at radius 2 is 1.60 bits per heavy atom. The molecule has 2 aromatic rings. The Labute approximate surface area is 184 Å². The van der Waals surface area contributed by atoms with Gasteiger partial charge in [-0.1, -0.05) is 28.1 Å². The minimum Gasteiger partial charge on any atom is -0.352 e. The van der Waals surface area contributed by atoms with Crippen molar-refractivity contribution in [1.29, 1.82) is 0 Å². The topological polar surface area (TPSA) is 69.7 Å². The molecular formula is C21H23BrFN3O3S. The number of carbonyl (C=O) groups excluding carboxylic acids is 1. The summed E-state index contributed by atoms with van der Waals surface area (Å²) in [6.45, 7) is 1.39. The molecule has 0 bridgehead atoms. The lowest BCUT2D eigenvalue weighted by atomic mass is 10.0. The van der Waals surface area contributed by atoms with Crippen molar-refractivity contribution < 1.29 is 17.6 Å². The third-order valence-corrected chi connectivity index (χ3v) is 7.89. The Morgan fingerprint density at radius 3 is 2.17 bits per heavy atom. The minimum absolute atomic E-state index is 0.117. The summed E-state index contributed by atoms with van der Waals surface area (Å²) >= 11 is 3.32. The first-order chi connectivity index (χ1) is 14.3. The van der Waals surface area contributed by atoms with E-state index < -0.39 is 16.1 Å². The largest absolute Gasteiger partial charge is 0.352 e. The fourth-order valence-electron chi connectivity index (χ4n) is 3.64. The second-order valence-electron chi connectivity index (χ2n) is 7.63. The van der Waals surface area contributed by atoms with Crippen LogP contribution in [0, 0.1) is 5.82 Å². The fraction of sp³-hybridized carbons (Fsp3) is 0.381. The number of hydrogen-bond donors (Lipinski definition) is 1. The van der Waals surface area contributed by atoms with E-state index >= 15 is 0 Å². The average molecular weight is 496 g/mol. The van der Waals surface area contributed by atoms with Crippen molar-refractivity contribution in [3.05, 3.63) is 64.4 Å². The maximum atomic E-state index is 13.4. The summed E-state index contributed by atoms with van der Waals surface area (Å²) in [7, 11) is -3.59. The van der Waals surface area contributed by atoms with E-state index in [9.17, 15) is 17.6 Å². The molecule has 1 atom stereocenters. The van der Waals surface area contributed by atoms with Gasteiger partial charge in [-0.25, -0.2) is 12.8 Å². The number of nitrogens with one attached hydrogen (secondary N) is 1. The molecule has 160 valence electrons. The van der Waals surface area contributed by atoms with Crippen LogP contribution in [0.1, 0.15) is 24.4 Å². The number of rotatable bonds is 6. The van der Waals surface area contributed by atoms with Crippen LogP contribution in [0.15, 0.2) is 57.9 Å². The van der Waals surface area contributed by atoms with E-state index in [-0.39, 0.29) is 35.8 Å². The standard InChI is InChI=1S/C21H23BrFN3O3S/c22-16-3-9-19(10-4-16)30(28,29)26-13-11-25(12-14-26)20(21(27)24-18-7-8-18)15-1-5-17(23)6-2-15/h1-6,9-10,18,20H,7-8,11-14H2,(H,24,27)/t20-/m0/s1. The number of benzene rings is 2. The monoisotopic (exact) mass is 495 g/mol. The predicted octanol–water partition coefficient (Wildman–Crippen LogP) is 2.91. The van der Waals surface area contributed by atoms with Crippen LogP contribution in [0.5, 0.6) is 0 Å². The van der Waals surface area contributed by atoms with Gasteiger partial charge < -0.3 is 5.32 Å². The molecule has 1 saturated heterocycles. The van der Waals surface area contributed by atoms with Crippen LogP contribution >= 0.6 is 15.9 Å². The molecule has 1 saturated carbocycles. The lowest BCUT2D eigenvalue weighted by Gasteiger charge is -2.38. The molecule has 6 nitrogen and oxygen atoms in total. The van der Waals surface area contributed by atoms with E-state index in [2.05, 4.69) is 21.2 Å². The zero-order valence-corrected chi connectivity index (χ0v) is 18.7. The van der Waals surface area contributed by atoms with Crippen LogP contribution in [-0.2, 0) is 14.8 Å². The Bertz CT molecular complexity index is 1000. The van der Waals surface area contributed by atoms with E-state index in [4.69, 9.17) is 0 Å². The number of halogens is 2. The van der Waals surface area contributed by atoms with E-state index in [1.807, 2.05) is 4.90 Å². The van der Waals surface area contributed by atoms with Crippen LogP contribution in [0.25, 0.3) is 0 Å². The molecular weight excluding hydrogens is 473 g/mol. The normalized spacial score (nSPS) is 19.4. The summed E-state index contributed by atoms with van der Waals surface area (Å²) in [4.78, 5) is 15.1. The van der Waals surface area contributed by atoms with Crippen molar-refractivity contribution >= 4 is 31.9 Å². The third-order valence-electron chi connectivity index (χ3n) is 5.45. The number of sulfonamides is 1. The summed E-state index contributed by atoms with van der Waals surface area (Å²) < 4.78 is 41.5. The molecule has 0 radical (unpaired) electrons. The fourth-order valence-corrected chi connectivity index (χ4v) is 5.33. The van der Waals surface area contributed by atoms with Crippen molar-refractivity contribution in [1.82, 2.24) is 14.5 Å². The molecule has 1 amide bonds. The SMILES string of the molecule is O=C(NC1CC1)[C@H](c1ccc(F)cc1)N1CCN(S(=O)(=O)c2ccc(Br)cc2)CC1. The first kappa shape index (κ1) is 21.4. The van der Waals surface area contributed by atoms with Gasteiger partial charge in [0.1, 0.15) is 11.9 Å². The van der Waals surface area contributed by atoms with Gasteiger partial charge in [0.2, 0.25) is 15.9 Å². The summed E-state index contributed by atoms with van der Waals surface area (Å²) in [6, 6.07) is 12.2. The molecule has 9 heteroatoms. The summed E-state index contributed by atoms with van der Waals surface area (Å²) in [5.41, 5.74) is 0.707. The van der Waals surface area contributed by atoms with Crippen molar-refractivity contribution in [2.45, 2.75) is 29.8 Å². The highest BCUT2D eigenvalue weighted by Crippen LogP contribution is 2.27. The van der Waals surface area contributed by atoms with Gasteiger partial charge in [0.05, 0.1) is 4.90 Å². The maximum absolute atomic E-state index is 13.4. The van der Waals surface area contributed by atoms with Gasteiger partial charge in [0, 0.05) is 36.7 Å². The number of nitrogens with zero attached hydrogens (tertiary/aromatic N) is 2. The van der Waals surface area contributed by atoms with Crippen LogP contribution in [0.3, 0.4) is 0 Å². The molecule has 2 aliphatic rings. The number of piperazine rings is 1. The lowest BCUT2D eigenvalue weighted by molar-refractivity contribution is -0.127. The molecule has 4 rings (SSSR count). The van der Waals surface area contributed by atoms with Gasteiger partial charge >= 0.3 is 0 Å². The zero-order valence-electron chi connectivity index (χ0n) is 16.3. The Balaban J connectivity index is 1.50. The average Bonchev–Trinajstić information content (AvgIpc) is 3.54. The minimum atomic E-state index is -3.59. The molecule has 1 aliphatic heterocycles. The van der Waals surface area contributed by atoms with E-state index in [0.29, 0.717) is 18.7 Å². The maximum Gasteiger partial charge on any atom is 0.243 e. The molecule has 0 unspecified atom stereocenters. The molecule has 1 aliphatic carbocycles. The first-order valence-corrected chi connectivity index (χ1v) is 12.1. The third kappa shape index (κ3) is 4.74. The second kappa shape index (κ2) is 8.74. The molecule has 2 aromatic carbocycles. The Hall–Kier alpha value is -1.81. The highest BCUT2D eigenvalue weighted by Gasteiger charge is 2.36. The predicted molar refractivity (Wildman–Crippen MR) is 115 cm³/mol. The number of carbonyl (C=O) groups is 1. The molecule has 2 fully saturated rings. The smallest absolute Gasteiger partial charge is 0.243 e. The molecule has 30 heavy (non-hydrogen) atoms. The van der Waals surface area contributed by atoms with E-state index in [0.717, 1.165) is 17.3 Å². The molecule has 0 spiro atoms. The second-order valence-corrected chi connectivity index (χ2v) is 10.5. The van der Waals surface area contributed by atoms with Gasteiger partial charge in [0.25, 0.3) is 0 Å².